The Morgan fingerprint density at radius 2 is 2.11 bits per heavy atom. The lowest BCUT2D eigenvalue weighted by molar-refractivity contribution is 0.599. The van der Waals surface area contributed by atoms with Gasteiger partial charge in [-0.05, 0) is 18.6 Å². The number of para-hydroxylation sites is 1. The Morgan fingerprint density at radius 1 is 1.37 bits per heavy atom. The molecule has 0 amide bonds. The first-order valence-corrected chi connectivity index (χ1v) is 8.27. The molecule has 1 aromatic carbocycles. The molecule has 0 fully saturated rings. The molecule has 0 saturated carbocycles. The lowest BCUT2D eigenvalue weighted by Gasteiger charge is -2.08. The largest absolute Gasteiger partial charge is 0.276 e. The SMILES string of the molecule is Cc1ccccc1-n1cnnc1SCCS(N)(=O)=O. The molecule has 0 bridgehead atoms. The number of primary sulfonamides is 1. The van der Waals surface area contributed by atoms with Crippen LogP contribution in [-0.4, -0.2) is 34.7 Å². The maximum absolute atomic E-state index is 10.9. The van der Waals surface area contributed by atoms with Crippen molar-refractivity contribution in [2.75, 3.05) is 11.5 Å². The number of hydrogen-bond acceptors (Lipinski definition) is 5. The van der Waals surface area contributed by atoms with Gasteiger partial charge in [0.15, 0.2) is 5.16 Å². The van der Waals surface area contributed by atoms with Gasteiger partial charge >= 0.3 is 0 Å². The van der Waals surface area contributed by atoms with Crippen molar-refractivity contribution in [3.8, 4) is 5.69 Å². The molecule has 1 aromatic heterocycles. The second-order valence-electron chi connectivity index (χ2n) is 3.99. The topological polar surface area (TPSA) is 90.9 Å². The van der Waals surface area contributed by atoms with Crippen molar-refractivity contribution < 1.29 is 8.42 Å². The van der Waals surface area contributed by atoms with Crippen LogP contribution in [0.15, 0.2) is 35.7 Å². The van der Waals surface area contributed by atoms with Gasteiger partial charge in [-0.15, -0.1) is 10.2 Å². The zero-order valence-electron chi connectivity index (χ0n) is 10.4. The van der Waals surface area contributed by atoms with Gasteiger partial charge in [-0.2, -0.15) is 0 Å². The van der Waals surface area contributed by atoms with E-state index in [9.17, 15) is 8.42 Å². The van der Waals surface area contributed by atoms with Crippen molar-refractivity contribution in [1.29, 1.82) is 0 Å². The molecule has 0 radical (unpaired) electrons. The molecular weight excluding hydrogens is 284 g/mol. The molecule has 0 aliphatic heterocycles. The van der Waals surface area contributed by atoms with Crippen molar-refractivity contribution in [2.45, 2.75) is 12.1 Å². The van der Waals surface area contributed by atoms with Crippen LogP contribution in [0.1, 0.15) is 5.56 Å². The first kappa shape index (κ1) is 14.0. The molecule has 0 atom stereocenters. The molecule has 2 aromatic rings. The normalized spacial score (nSPS) is 11.7. The highest BCUT2D eigenvalue weighted by Crippen LogP contribution is 2.21. The van der Waals surface area contributed by atoms with Crippen molar-refractivity contribution in [1.82, 2.24) is 14.8 Å². The number of aryl methyl sites for hydroxylation is 1. The third-order valence-electron chi connectivity index (χ3n) is 2.49. The van der Waals surface area contributed by atoms with E-state index < -0.39 is 10.0 Å². The smallest absolute Gasteiger partial charge is 0.209 e. The van der Waals surface area contributed by atoms with E-state index in [-0.39, 0.29) is 5.75 Å². The maximum atomic E-state index is 10.9. The molecule has 0 unspecified atom stereocenters. The second-order valence-corrected chi connectivity index (χ2v) is 6.78. The summed E-state index contributed by atoms with van der Waals surface area (Å²) in [5.74, 6) is 0.266. The third kappa shape index (κ3) is 3.79. The summed E-state index contributed by atoms with van der Waals surface area (Å²) in [4.78, 5) is 0. The highest BCUT2D eigenvalue weighted by atomic mass is 32.2. The van der Waals surface area contributed by atoms with E-state index in [1.54, 1.807) is 6.33 Å². The highest BCUT2D eigenvalue weighted by molar-refractivity contribution is 8.00. The van der Waals surface area contributed by atoms with Gasteiger partial charge in [-0.3, -0.25) is 4.57 Å². The van der Waals surface area contributed by atoms with Gasteiger partial charge in [0.1, 0.15) is 6.33 Å². The number of nitrogens with two attached hydrogens (primary N) is 1. The Kier molecular flexibility index (Phi) is 4.23. The van der Waals surface area contributed by atoms with Crippen LogP contribution < -0.4 is 5.14 Å². The number of benzene rings is 1. The fourth-order valence-electron chi connectivity index (χ4n) is 1.57. The minimum absolute atomic E-state index is 0.0850. The number of rotatable bonds is 5. The van der Waals surface area contributed by atoms with Gasteiger partial charge in [0.05, 0.1) is 11.4 Å². The molecule has 0 aliphatic carbocycles. The second kappa shape index (κ2) is 5.72. The summed E-state index contributed by atoms with van der Waals surface area (Å²) in [6, 6.07) is 7.84. The summed E-state index contributed by atoms with van der Waals surface area (Å²) in [6.45, 7) is 1.99. The summed E-state index contributed by atoms with van der Waals surface area (Å²) >= 11 is 1.31. The number of sulfonamides is 1. The van der Waals surface area contributed by atoms with Crippen molar-refractivity contribution >= 4 is 21.8 Å². The molecule has 1 heterocycles. The molecule has 0 saturated heterocycles. The Labute approximate surface area is 116 Å². The summed E-state index contributed by atoms with van der Waals surface area (Å²) < 4.78 is 23.6. The van der Waals surface area contributed by atoms with Gasteiger partial charge in [0.2, 0.25) is 10.0 Å². The monoisotopic (exact) mass is 298 g/mol. The number of nitrogens with zero attached hydrogens (tertiary/aromatic N) is 3. The fourth-order valence-corrected chi connectivity index (χ4v) is 3.41. The maximum Gasteiger partial charge on any atom is 0.209 e. The van der Waals surface area contributed by atoms with Crippen LogP contribution in [0.2, 0.25) is 0 Å². The average molecular weight is 298 g/mol. The van der Waals surface area contributed by atoms with Crippen molar-refractivity contribution in [3.05, 3.63) is 36.2 Å². The number of thioether (sulfide) groups is 1. The zero-order valence-corrected chi connectivity index (χ0v) is 12.0. The summed E-state index contributed by atoms with van der Waals surface area (Å²) in [5.41, 5.74) is 2.07. The standard InChI is InChI=1S/C11H14N4O2S2/c1-9-4-2-3-5-10(9)15-8-13-14-11(15)18-6-7-19(12,16)17/h2-5,8H,6-7H2,1H3,(H2,12,16,17). The quantitative estimate of drug-likeness (QED) is 0.830. The molecule has 2 N–H and O–H groups in total. The van der Waals surface area contributed by atoms with Crippen LogP contribution in [0.25, 0.3) is 5.69 Å². The lowest BCUT2D eigenvalue weighted by Crippen LogP contribution is -2.18. The molecule has 2 rings (SSSR count). The van der Waals surface area contributed by atoms with Gasteiger partial charge in [-0.1, -0.05) is 30.0 Å². The molecule has 0 aliphatic rings. The van der Waals surface area contributed by atoms with E-state index in [2.05, 4.69) is 10.2 Å². The van der Waals surface area contributed by atoms with E-state index in [0.29, 0.717) is 10.9 Å². The Morgan fingerprint density at radius 3 is 2.79 bits per heavy atom. The molecule has 0 spiro atoms. The van der Waals surface area contributed by atoms with Crippen LogP contribution >= 0.6 is 11.8 Å². The number of aromatic nitrogens is 3. The van der Waals surface area contributed by atoms with E-state index in [4.69, 9.17) is 5.14 Å². The first-order valence-electron chi connectivity index (χ1n) is 5.57. The van der Waals surface area contributed by atoms with Crippen molar-refractivity contribution in [3.63, 3.8) is 0 Å². The predicted molar refractivity (Wildman–Crippen MR) is 74.8 cm³/mol. The van der Waals surface area contributed by atoms with Crippen molar-refractivity contribution in [2.24, 2.45) is 5.14 Å². The Bertz CT molecular complexity index is 667. The first-order chi connectivity index (χ1) is 8.97. The molecule has 102 valence electrons. The average Bonchev–Trinajstić information content (AvgIpc) is 2.76. The third-order valence-corrected chi connectivity index (χ3v) is 4.47. The van der Waals surface area contributed by atoms with E-state index in [1.165, 1.54) is 11.8 Å². The van der Waals surface area contributed by atoms with Crippen LogP contribution in [0.4, 0.5) is 0 Å². The molecule has 19 heavy (non-hydrogen) atoms. The summed E-state index contributed by atoms with van der Waals surface area (Å²) in [7, 11) is -3.44. The van der Waals surface area contributed by atoms with E-state index in [0.717, 1.165) is 11.3 Å². The Balaban J connectivity index is 2.17. The number of hydrogen-bond donors (Lipinski definition) is 1. The van der Waals surface area contributed by atoms with Gasteiger partial charge < -0.3 is 0 Å². The zero-order chi connectivity index (χ0) is 13.9. The van der Waals surface area contributed by atoms with Crippen LogP contribution in [0.5, 0.6) is 0 Å². The molecule has 8 heteroatoms. The lowest BCUT2D eigenvalue weighted by atomic mass is 10.2. The minimum atomic E-state index is -3.44. The van der Waals surface area contributed by atoms with Gasteiger partial charge in [0.25, 0.3) is 0 Å². The predicted octanol–water partition coefficient (Wildman–Crippen LogP) is 0.956. The van der Waals surface area contributed by atoms with E-state index in [1.807, 2.05) is 35.8 Å². The Hall–Kier alpha value is -1.38. The summed E-state index contributed by atoms with van der Waals surface area (Å²) in [6.07, 6.45) is 1.61. The van der Waals surface area contributed by atoms with Gasteiger partial charge in [-0.25, -0.2) is 13.6 Å². The van der Waals surface area contributed by atoms with E-state index >= 15 is 0 Å². The molecule has 6 nitrogen and oxygen atoms in total. The minimum Gasteiger partial charge on any atom is -0.276 e. The van der Waals surface area contributed by atoms with Crippen LogP contribution in [-0.2, 0) is 10.0 Å². The van der Waals surface area contributed by atoms with Crippen LogP contribution in [0, 0.1) is 6.92 Å². The van der Waals surface area contributed by atoms with Gasteiger partial charge in [0, 0.05) is 5.75 Å². The fraction of sp³-hybridized carbons (Fsp3) is 0.273. The summed E-state index contributed by atoms with van der Waals surface area (Å²) in [5, 5.41) is 13.5. The highest BCUT2D eigenvalue weighted by Gasteiger charge is 2.10. The van der Waals surface area contributed by atoms with Crippen LogP contribution in [0.3, 0.4) is 0 Å². The molecular formula is C11H14N4O2S2.